The van der Waals surface area contributed by atoms with Crippen LogP contribution in [0.5, 0.6) is 0 Å². The van der Waals surface area contributed by atoms with E-state index in [0.29, 0.717) is 0 Å². The third-order valence-corrected chi connectivity index (χ3v) is 3.89. The number of aromatic nitrogens is 2. The first kappa shape index (κ1) is 13.5. The Hall–Kier alpha value is -0.910. The molecule has 0 spiro atoms. The van der Waals surface area contributed by atoms with Gasteiger partial charge in [0.2, 0.25) is 0 Å². The zero-order chi connectivity index (χ0) is 13.1. The van der Waals surface area contributed by atoms with Crippen molar-refractivity contribution in [2.45, 2.75) is 26.8 Å². The average Bonchev–Trinajstić information content (AvgIpc) is 2.75. The van der Waals surface area contributed by atoms with Crippen molar-refractivity contribution in [3.63, 3.8) is 0 Å². The Balaban J connectivity index is 1.92. The lowest BCUT2D eigenvalue weighted by Gasteiger charge is -2.09. The maximum Gasteiger partial charge on any atom is 0.194 e. The summed E-state index contributed by atoms with van der Waals surface area (Å²) in [5.41, 5.74) is 2.43. The Morgan fingerprint density at radius 2 is 2.17 bits per heavy atom. The summed E-state index contributed by atoms with van der Waals surface area (Å²) in [6.45, 7) is 7.30. The van der Waals surface area contributed by atoms with Crippen LogP contribution in [-0.2, 0) is 6.54 Å². The molecule has 0 bridgehead atoms. The summed E-state index contributed by atoms with van der Waals surface area (Å²) in [7, 11) is 4.22. The average molecular weight is 266 g/mol. The van der Waals surface area contributed by atoms with E-state index < -0.39 is 0 Å². The number of thiazole rings is 1. The molecule has 2 rings (SSSR count). The number of imidazole rings is 1. The molecule has 18 heavy (non-hydrogen) atoms. The van der Waals surface area contributed by atoms with E-state index in [0.717, 1.165) is 30.3 Å². The van der Waals surface area contributed by atoms with Crippen molar-refractivity contribution < 1.29 is 0 Å². The van der Waals surface area contributed by atoms with Crippen molar-refractivity contribution in [1.29, 1.82) is 0 Å². The van der Waals surface area contributed by atoms with Crippen LogP contribution in [0.2, 0.25) is 0 Å². The van der Waals surface area contributed by atoms with Gasteiger partial charge in [0, 0.05) is 17.6 Å². The van der Waals surface area contributed by atoms with Crippen molar-refractivity contribution in [2.24, 2.45) is 0 Å². The molecule has 100 valence electrons. The summed E-state index contributed by atoms with van der Waals surface area (Å²) in [6.07, 6.45) is 3.35. The first-order valence-electron chi connectivity index (χ1n) is 6.37. The second-order valence-electron chi connectivity index (χ2n) is 4.97. The highest BCUT2D eigenvalue weighted by Gasteiger charge is 2.10. The number of nitrogens with zero attached hydrogens (tertiary/aromatic N) is 3. The fourth-order valence-corrected chi connectivity index (χ4v) is 2.94. The smallest absolute Gasteiger partial charge is 0.194 e. The van der Waals surface area contributed by atoms with Gasteiger partial charge in [0.25, 0.3) is 0 Å². The number of hydrogen-bond acceptors (Lipinski definition) is 4. The van der Waals surface area contributed by atoms with Gasteiger partial charge in [-0.2, -0.15) is 0 Å². The van der Waals surface area contributed by atoms with Crippen LogP contribution in [0.1, 0.15) is 22.7 Å². The molecule has 5 heteroatoms. The highest BCUT2D eigenvalue weighted by atomic mass is 32.1. The molecule has 0 amide bonds. The monoisotopic (exact) mass is 266 g/mol. The summed E-state index contributed by atoms with van der Waals surface area (Å²) in [6, 6.07) is 0. The Kier molecular flexibility index (Phi) is 4.37. The summed E-state index contributed by atoms with van der Waals surface area (Å²) in [4.78, 5) is 9.23. The summed E-state index contributed by atoms with van der Waals surface area (Å²) < 4.78 is 2.22. The Labute approximate surface area is 113 Å². The molecule has 0 saturated heterocycles. The maximum absolute atomic E-state index is 4.59. The van der Waals surface area contributed by atoms with E-state index in [4.69, 9.17) is 0 Å². The van der Waals surface area contributed by atoms with Crippen LogP contribution < -0.4 is 5.32 Å². The minimum Gasteiger partial charge on any atom is -0.311 e. The molecule has 0 saturated carbocycles. The van der Waals surface area contributed by atoms with E-state index >= 15 is 0 Å². The number of aryl methyl sites for hydroxylation is 2. The van der Waals surface area contributed by atoms with Crippen molar-refractivity contribution >= 4 is 16.3 Å². The van der Waals surface area contributed by atoms with Gasteiger partial charge >= 0.3 is 0 Å². The molecule has 2 aromatic heterocycles. The third kappa shape index (κ3) is 3.10. The van der Waals surface area contributed by atoms with Crippen LogP contribution in [-0.4, -0.2) is 41.5 Å². The zero-order valence-corrected chi connectivity index (χ0v) is 12.5. The molecule has 0 radical (unpaired) electrons. The Morgan fingerprint density at radius 3 is 2.89 bits per heavy atom. The molecule has 0 aliphatic rings. The first-order valence-corrected chi connectivity index (χ1v) is 7.19. The lowest BCUT2D eigenvalue weighted by molar-refractivity contribution is 0.394. The minimum absolute atomic E-state index is 0.899. The third-order valence-electron chi connectivity index (χ3n) is 2.99. The molecule has 2 aromatic rings. The lowest BCUT2D eigenvalue weighted by atomic mass is 10.3. The Bertz CT molecular complexity index is 512. The molecule has 1 N–H and O–H groups in total. The highest BCUT2D eigenvalue weighted by molar-refractivity contribution is 7.17. The number of fused-ring (bicyclic) bond motifs is 1. The van der Waals surface area contributed by atoms with Crippen molar-refractivity contribution in [1.82, 2.24) is 19.6 Å². The van der Waals surface area contributed by atoms with E-state index in [9.17, 15) is 0 Å². The number of rotatable bonds is 6. The second kappa shape index (κ2) is 5.82. The van der Waals surface area contributed by atoms with E-state index in [-0.39, 0.29) is 0 Å². The SMILES string of the molecule is Cc1cn2c(CNCCCN(C)C)c(C)nc2s1. The molecule has 0 aliphatic carbocycles. The van der Waals surface area contributed by atoms with Gasteiger partial charge in [0.05, 0.1) is 11.4 Å². The Morgan fingerprint density at radius 1 is 1.39 bits per heavy atom. The number of nitrogens with one attached hydrogen (secondary N) is 1. The van der Waals surface area contributed by atoms with Gasteiger partial charge in [0.15, 0.2) is 4.96 Å². The van der Waals surface area contributed by atoms with Crippen molar-refractivity contribution in [3.8, 4) is 0 Å². The van der Waals surface area contributed by atoms with E-state index in [1.165, 1.54) is 17.0 Å². The molecule has 0 atom stereocenters. The van der Waals surface area contributed by atoms with Gasteiger partial charge in [0.1, 0.15) is 0 Å². The molecule has 0 aromatic carbocycles. The van der Waals surface area contributed by atoms with Crippen molar-refractivity contribution in [2.75, 3.05) is 27.2 Å². The fraction of sp³-hybridized carbons (Fsp3) is 0.615. The quantitative estimate of drug-likeness (QED) is 0.812. The molecule has 2 heterocycles. The molecule has 0 aliphatic heterocycles. The number of hydrogen-bond donors (Lipinski definition) is 1. The second-order valence-corrected chi connectivity index (χ2v) is 6.19. The van der Waals surface area contributed by atoms with Crippen LogP contribution in [0.25, 0.3) is 4.96 Å². The van der Waals surface area contributed by atoms with Crippen LogP contribution >= 0.6 is 11.3 Å². The van der Waals surface area contributed by atoms with E-state index in [1.54, 1.807) is 11.3 Å². The van der Waals surface area contributed by atoms with Crippen LogP contribution in [0.3, 0.4) is 0 Å². The van der Waals surface area contributed by atoms with Gasteiger partial charge in [-0.15, -0.1) is 11.3 Å². The van der Waals surface area contributed by atoms with Gasteiger partial charge in [-0.25, -0.2) is 4.98 Å². The summed E-state index contributed by atoms with van der Waals surface area (Å²) in [5.74, 6) is 0. The van der Waals surface area contributed by atoms with Gasteiger partial charge < -0.3 is 10.2 Å². The summed E-state index contributed by atoms with van der Waals surface area (Å²) in [5, 5.41) is 3.50. The fourth-order valence-electron chi connectivity index (χ4n) is 2.05. The molecular formula is C13H22N4S. The van der Waals surface area contributed by atoms with Gasteiger partial charge in [-0.05, 0) is 47.5 Å². The van der Waals surface area contributed by atoms with E-state index in [1.807, 2.05) is 0 Å². The van der Waals surface area contributed by atoms with Crippen LogP contribution in [0, 0.1) is 13.8 Å². The molecule has 4 nitrogen and oxygen atoms in total. The van der Waals surface area contributed by atoms with Crippen molar-refractivity contribution in [3.05, 3.63) is 22.5 Å². The van der Waals surface area contributed by atoms with E-state index in [2.05, 4.69) is 53.7 Å². The van der Waals surface area contributed by atoms with Gasteiger partial charge in [-0.3, -0.25) is 4.40 Å². The largest absolute Gasteiger partial charge is 0.311 e. The predicted octanol–water partition coefficient (Wildman–Crippen LogP) is 2.05. The normalized spacial score (nSPS) is 11.8. The maximum atomic E-state index is 4.59. The van der Waals surface area contributed by atoms with Gasteiger partial charge in [-0.1, -0.05) is 0 Å². The first-order chi connectivity index (χ1) is 8.58. The van der Waals surface area contributed by atoms with Crippen LogP contribution in [0.15, 0.2) is 6.20 Å². The summed E-state index contributed by atoms with van der Waals surface area (Å²) >= 11 is 1.75. The molecule has 0 fully saturated rings. The zero-order valence-electron chi connectivity index (χ0n) is 11.7. The molecule has 0 unspecified atom stereocenters. The highest BCUT2D eigenvalue weighted by Crippen LogP contribution is 2.20. The minimum atomic E-state index is 0.899. The standard InChI is InChI=1S/C13H22N4S/c1-10-9-17-12(11(2)15-13(17)18-10)8-14-6-5-7-16(3)4/h9,14H,5-8H2,1-4H3. The predicted molar refractivity (Wildman–Crippen MR) is 77.4 cm³/mol. The lowest BCUT2D eigenvalue weighted by Crippen LogP contribution is -2.21. The topological polar surface area (TPSA) is 32.6 Å². The molecular weight excluding hydrogens is 244 g/mol. The van der Waals surface area contributed by atoms with Crippen LogP contribution in [0.4, 0.5) is 0 Å².